The van der Waals surface area contributed by atoms with E-state index in [0.29, 0.717) is 0 Å². The molecule has 0 amide bonds. The average Bonchev–Trinajstić information content (AvgIpc) is 2.76. The molecule has 0 bridgehead atoms. The van der Waals surface area contributed by atoms with Gasteiger partial charge in [-0.25, -0.2) is 0 Å². The summed E-state index contributed by atoms with van der Waals surface area (Å²) in [5.41, 5.74) is 10.4. The fourth-order valence-corrected chi connectivity index (χ4v) is 2.09. The van der Waals surface area contributed by atoms with E-state index in [2.05, 4.69) is 30.0 Å². The van der Waals surface area contributed by atoms with Gasteiger partial charge < -0.3 is 5.73 Å². The van der Waals surface area contributed by atoms with Crippen molar-refractivity contribution < 1.29 is 0 Å². The lowest BCUT2D eigenvalue weighted by molar-refractivity contribution is 0.601. The Morgan fingerprint density at radius 3 is 2.78 bits per heavy atom. The topological polar surface area (TPSA) is 56.7 Å². The smallest absolute Gasteiger partial charge is 0.0757 e. The highest BCUT2D eigenvalue weighted by Crippen LogP contribution is 2.18. The Labute approximate surface area is 108 Å². The molecule has 4 nitrogen and oxygen atoms in total. The SMILES string of the molecule is CCCn1cc(C(N)c2cc(C)cc(C)n2)cn1. The van der Waals surface area contributed by atoms with Gasteiger partial charge in [-0.1, -0.05) is 6.92 Å². The minimum atomic E-state index is -0.200. The molecule has 2 N–H and O–H groups in total. The summed E-state index contributed by atoms with van der Waals surface area (Å²) in [5, 5.41) is 4.31. The standard InChI is InChI=1S/C14H20N4/c1-4-5-18-9-12(8-16-18)14(15)13-7-10(2)6-11(3)17-13/h6-9,14H,4-5,15H2,1-3H3. The first-order valence-electron chi connectivity index (χ1n) is 6.33. The predicted octanol–water partition coefficient (Wildman–Crippen LogP) is 2.35. The van der Waals surface area contributed by atoms with Crippen LogP contribution in [0.3, 0.4) is 0 Å². The van der Waals surface area contributed by atoms with E-state index in [1.807, 2.05) is 30.1 Å². The maximum atomic E-state index is 6.25. The van der Waals surface area contributed by atoms with Crippen LogP contribution in [-0.4, -0.2) is 14.8 Å². The highest BCUT2D eigenvalue weighted by molar-refractivity contribution is 5.28. The molecular formula is C14H20N4. The van der Waals surface area contributed by atoms with Gasteiger partial charge in [0.1, 0.15) is 0 Å². The summed E-state index contributed by atoms with van der Waals surface area (Å²) in [4.78, 5) is 4.50. The first-order valence-corrected chi connectivity index (χ1v) is 6.33. The van der Waals surface area contributed by atoms with Crippen LogP contribution in [0.4, 0.5) is 0 Å². The summed E-state index contributed by atoms with van der Waals surface area (Å²) in [5.74, 6) is 0. The molecule has 96 valence electrons. The van der Waals surface area contributed by atoms with Crippen molar-refractivity contribution in [3.05, 3.63) is 47.0 Å². The van der Waals surface area contributed by atoms with Gasteiger partial charge in [0, 0.05) is 24.0 Å². The predicted molar refractivity (Wildman–Crippen MR) is 72.3 cm³/mol. The average molecular weight is 244 g/mol. The van der Waals surface area contributed by atoms with E-state index in [1.54, 1.807) is 0 Å². The number of pyridine rings is 1. The minimum absolute atomic E-state index is 0.200. The number of aromatic nitrogens is 3. The van der Waals surface area contributed by atoms with Gasteiger partial charge in [0.05, 0.1) is 17.9 Å². The molecule has 2 aromatic heterocycles. The molecule has 0 spiro atoms. The monoisotopic (exact) mass is 244 g/mol. The van der Waals surface area contributed by atoms with Crippen LogP contribution in [0, 0.1) is 13.8 Å². The second kappa shape index (κ2) is 5.31. The van der Waals surface area contributed by atoms with Crippen LogP contribution in [0.5, 0.6) is 0 Å². The molecule has 2 rings (SSSR count). The van der Waals surface area contributed by atoms with E-state index >= 15 is 0 Å². The van der Waals surface area contributed by atoms with Gasteiger partial charge in [-0.05, 0) is 38.0 Å². The van der Waals surface area contributed by atoms with E-state index in [-0.39, 0.29) is 6.04 Å². The molecule has 1 unspecified atom stereocenters. The van der Waals surface area contributed by atoms with Gasteiger partial charge in [0.2, 0.25) is 0 Å². The molecule has 0 saturated heterocycles. The fraction of sp³-hybridized carbons (Fsp3) is 0.429. The zero-order valence-corrected chi connectivity index (χ0v) is 11.2. The van der Waals surface area contributed by atoms with Crippen molar-refractivity contribution in [2.24, 2.45) is 5.73 Å². The fourth-order valence-electron chi connectivity index (χ4n) is 2.09. The van der Waals surface area contributed by atoms with Crippen LogP contribution in [0.15, 0.2) is 24.5 Å². The molecule has 18 heavy (non-hydrogen) atoms. The van der Waals surface area contributed by atoms with Gasteiger partial charge >= 0.3 is 0 Å². The van der Waals surface area contributed by atoms with Crippen molar-refractivity contribution in [1.82, 2.24) is 14.8 Å². The molecule has 0 saturated carbocycles. The molecule has 0 aromatic carbocycles. The summed E-state index contributed by atoms with van der Waals surface area (Å²) in [6.07, 6.45) is 4.91. The zero-order chi connectivity index (χ0) is 13.1. The van der Waals surface area contributed by atoms with Crippen molar-refractivity contribution in [3.63, 3.8) is 0 Å². The van der Waals surface area contributed by atoms with E-state index in [9.17, 15) is 0 Å². The maximum absolute atomic E-state index is 6.25. The number of nitrogens with two attached hydrogens (primary N) is 1. The number of nitrogens with zero attached hydrogens (tertiary/aromatic N) is 3. The van der Waals surface area contributed by atoms with Crippen molar-refractivity contribution in [2.75, 3.05) is 0 Å². The third kappa shape index (κ3) is 2.76. The molecule has 0 aliphatic carbocycles. The molecule has 0 fully saturated rings. The van der Waals surface area contributed by atoms with E-state index in [0.717, 1.165) is 29.9 Å². The molecule has 0 radical (unpaired) electrons. The minimum Gasteiger partial charge on any atom is -0.319 e. The zero-order valence-electron chi connectivity index (χ0n) is 11.2. The van der Waals surface area contributed by atoms with Crippen molar-refractivity contribution in [3.8, 4) is 0 Å². The van der Waals surface area contributed by atoms with Crippen molar-refractivity contribution in [2.45, 2.75) is 39.8 Å². The number of hydrogen-bond donors (Lipinski definition) is 1. The molecule has 1 atom stereocenters. The van der Waals surface area contributed by atoms with E-state index < -0.39 is 0 Å². The van der Waals surface area contributed by atoms with Crippen LogP contribution in [-0.2, 0) is 6.54 Å². The van der Waals surface area contributed by atoms with Crippen molar-refractivity contribution >= 4 is 0 Å². The van der Waals surface area contributed by atoms with Crippen LogP contribution in [0.2, 0.25) is 0 Å². The Kier molecular flexibility index (Phi) is 3.77. The van der Waals surface area contributed by atoms with Crippen LogP contribution < -0.4 is 5.73 Å². The Hall–Kier alpha value is -1.68. The summed E-state index contributed by atoms with van der Waals surface area (Å²) < 4.78 is 1.93. The quantitative estimate of drug-likeness (QED) is 0.898. The van der Waals surface area contributed by atoms with Crippen LogP contribution in [0.1, 0.15) is 41.9 Å². The van der Waals surface area contributed by atoms with E-state index in [4.69, 9.17) is 5.73 Å². The lowest BCUT2D eigenvalue weighted by Gasteiger charge is -2.10. The second-order valence-electron chi connectivity index (χ2n) is 4.73. The molecule has 2 heterocycles. The first-order chi connectivity index (χ1) is 8.60. The summed E-state index contributed by atoms with van der Waals surface area (Å²) in [7, 11) is 0. The highest BCUT2D eigenvalue weighted by Gasteiger charge is 2.13. The maximum Gasteiger partial charge on any atom is 0.0757 e. The van der Waals surface area contributed by atoms with Crippen molar-refractivity contribution in [1.29, 1.82) is 0 Å². The lowest BCUT2D eigenvalue weighted by Crippen LogP contribution is -2.13. The summed E-state index contributed by atoms with van der Waals surface area (Å²) in [6.45, 7) is 7.11. The summed E-state index contributed by atoms with van der Waals surface area (Å²) >= 11 is 0. The molecule has 0 aliphatic heterocycles. The Morgan fingerprint density at radius 1 is 1.33 bits per heavy atom. The normalized spacial score (nSPS) is 12.7. The molecule has 0 aliphatic rings. The Bertz CT molecular complexity index is 510. The second-order valence-corrected chi connectivity index (χ2v) is 4.73. The highest BCUT2D eigenvalue weighted by atomic mass is 15.3. The van der Waals surface area contributed by atoms with E-state index in [1.165, 1.54) is 5.56 Å². The lowest BCUT2D eigenvalue weighted by atomic mass is 10.1. The number of hydrogen-bond acceptors (Lipinski definition) is 3. The number of aryl methyl sites for hydroxylation is 3. The first kappa shape index (κ1) is 12.8. The molecule has 4 heteroatoms. The third-order valence-corrected chi connectivity index (χ3v) is 2.90. The summed E-state index contributed by atoms with van der Waals surface area (Å²) in [6, 6.07) is 3.89. The Morgan fingerprint density at radius 2 is 2.11 bits per heavy atom. The Balaban J connectivity index is 2.26. The van der Waals surface area contributed by atoms with Gasteiger partial charge in [-0.3, -0.25) is 9.67 Å². The van der Waals surface area contributed by atoms with Crippen LogP contribution in [0.25, 0.3) is 0 Å². The van der Waals surface area contributed by atoms with Gasteiger partial charge in [-0.2, -0.15) is 5.10 Å². The third-order valence-electron chi connectivity index (χ3n) is 2.90. The van der Waals surface area contributed by atoms with Crippen LogP contribution >= 0.6 is 0 Å². The number of rotatable bonds is 4. The molecular weight excluding hydrogens is 224 g/mol. The van der Waals surface area contributed by atoms with Gasteiger partial charge in [0.25, 0.3) is 0 Å². The molecule has 2 aromatic rings. The van der Waals surface area contributed by atoms with Gasteiger partial charge in [0.15, 0.2) is 0 Å². The largest absolute Gasteiger partial charge is 0.319 e. The van der Waals surface area contributed by atoms with Gasteiger partial charge in [-0.15, -0.1) is 0 Å².